The summed E-state index contributed by atoms with van der Waals surface area (Å²) >= 11 is 2.86. The normalized spacial score (nSPS) is 16.7. The second kappa shape index (κ2) is 17.2. The number of anilines is 4. The number of nitrogens with zero attached hydrogens (tertiary/aromatic N) is 8. The summed E-state index contributed by atoms with van der Waals surface area (Å²) in [7, 11) is 4.17. The first-order chi connectivity index (χ1) is 28.5. The van der Waals surface area contributed by atoms with Crippen LogP contribution in [0.5, 0.6) is 0 Å². The fourth-order valence-corrected chi connectivity index (χ4v) is 9.25. The van der Waals surface area contributed by atoms with Gasteiger partial charge in [-0.2, -0.15) is 0 Å². The van der Waals surface area contributed by atoms with Crippen LogP contribution in [0.1, 0.15) is 27.3 Å². The van der Waals surface area contributed by atoms with Crippen LogP contribution in [0, 0.1) is 13.8 Å². The van der Waals surface area contributed by atoms with E-state index in [0.717, 1.165) is 84.9 Å². The molecule has 2 aromatic heterocycles. The van der Waals surface area contributed by atoms with Crippen molar-refractivity contribution in [3.05, 3.63) is 81.5 Å². The second-order valence-electron chi connectivity index (χ2n) is 14.5. The van der Waals surface area contributed by atoms with Gasteiger partial charge in [-0.25, -0.2) is 29.4 Å². The maximum absolute atomic E-state index is 13.7. The standard InChI is InChI=1S/C41H44N8O8S2/c1-26-21-28-36(46-17-13-44(3)14-18-46)42-30-9-5-7-11-32(30)48(38(28)58-26)40(52)56-24-54-34(50)23-35(51)55-25-57-41(53)49-33-12-8-6-10-31(33)43-37(29-22-27(2)59-39(29)49)47-19-15-45(4)16-20-47/h5-12,21-22H,13-20,23-25H2,1-4H3. The van der Waals surface area contributed by atoms with Crippen molar-refractivity contribution in [1.82, 2.24) is 19.6 Å². The molecule has 18 heteroatoms. The highest BCUT2D eigenvalue weighted by molar-refractivity contribution is 7.17. The van der Waals surface area contributed by atoms with Gasteiger partial charge in [-0.3, -0.25) is 9.59 Å². The molecule has 0 saturated carbocycles. The van der Waals surface area contributed by atoms with Gasteiger partial charge in [0.05, 0.1) is 33.9 Å². The van der Waals surface area contributed by atoms with Gasteiger partial charge >= 0.3 is 24.1 Å². The molecule has 59 heavy (non-hydrogen) atoms. The smallest absolute Gasteiger partial charge is 0.422 e. The van der Waals surface area contributed by atoms with Crippen molar-refractivity contribution < 1.29 is 38.1 Å². The number of piperazine rings is 2. The molecule has 0 aliphatic carbocycles. The Kier molecular flexibility index (Phi) is 11.6. The number of likely N-dealkylation sites (N-methyl/N-ethyl adjacent to an activating group) is 2. The zero-order valence-corrected chi connectivity index (χ0v) is 34.8. The topological polar surface area (TPSA) is 149 Å². The Balaban J connectivity index is 0.869. The van der Waals surface area contributed by atoms with E-state index in [9.17, 15) is 19.2 Å². The second-order valence-corrected chi connectivity index (χ2v) is 17.0. The summed E-state index contributed by atoms with van der Waals surface area (Å²) in [6.45, 7) is 9.10. The zero-order valence-electron chi connectivity index (χ0n) is 33.2. The van der Waals surface area contributed by atoms with Gasteiger partial charge in [0, 0.05) is 62.1 Å². The molecule has 4 aliphatic rings. The van der Waals surface area contributed by atoms with Crippen LogP contribution in [0.25, 0.3) is 0 Å². The number of aliphatic imine (C=N–C) groups is 2. The van der Waals surface area contributed by atoms with Crippen LogP contribution in [0.15, 0.2) is 70.6 Å². The Morgan fingerprint density at radius 1 is 0.576 bits per heavy atom. The molecule has 8 rings (SSSR count). The molecular formula is C41H44N8O8S2. The van der Waals surface area contributed by atoms with Gasteiger partial charge in [0.2, 0.25) is 13.6 Å². The largest absolute Gasteiger partial charge is 0.427 e. The quantitative estimate of drug-likeness (QED) is 0.121. The maximum atomic E-state index is 13.7. The van der Waals surface area contributed by atoms with E-state index in [2.05, 4.69) is 33.7 Å². The number of ether oxygens (including phenoxy) is 4. The van der Waals surface area contributed by atoms with Crippen molar-refractivity contribution in [2.75, 3.05) is 89.8 Å². The van der Waals surface area contributed by atoms with Crippen molar-refractivity contribution >= 4 is 91.2 Å². The number of benzene rings is 2. The minimum absolute atomic E-state index is 0.520. The zero-order chi connectivity index (χ0) is 41.2. The Bertz CT molecular complexity index is 2170. The number of esters is 2. The summed E-state index contributed by atoms with van der Waals surface area (Å²) in [5, 5.41) is 1.27. The Hall–Kier alpha value is -5.82. The maximum Gasteiger partial charge on any atom is 0.422 e. The van der Waals surface area contributed by atoms with Crippen LogP contribution in [0.4, 0.5) is 42.3 Å². The molecule has 4 aromatic rings. The minimum atomic E-state index is -0.993. The number of thiophene rings is 2. The number of amidine groups is 2. The summed E-state index contributed by atoms with van der Waals surface area (Å²) in [5.41, 5.74) is 3.84. The predicted octanol–water partition coefficient (Wildman–Crippen LogP) is 6.35. The number of hydrogen-bond donors (Lipinski definition) is 0. The predicted molar refractivity (Wildman–Crippen MR) is 225 cm³/mol. The molecule has 2 amide bonds. The lowest BCUT2D eigenvalue weighted by Crippen LogP contribution is -2.47. The van der Waals surface area contributed by atoms with Gasteiger partial charge < -0.3 is 38.5 Å². The summed E-state index contributed by atoms with van der Waals surface area (Å²) in [6.07, 6.45) is -2.36. The van der Waals surface area contributed by atoms with Gasteiger partial charge in [-0.05, 0) is 64.3 Å². The number of rotatable bonds is 6. The molecule has 2 fully saturated rings. The van der Waals surface area contributed by atoms with Crippen LogP contribution in [-0.4, -0.2) is 135 Å². The molecule has 2 saturated heterocycles. The Morgan fingerprint density at radius 2 is 0.966 bits per heavy atom. The molecule has 308 valence electrons. The van der Waals surface area contributed by atoms with Gasteiger partial charge in [-0.15, -0.1) is 22.7 Å². The van der Waals surface area contributed by atoms with Crippen molar-refractivity contribution in [2.24, 2.45) is 9.98 Å². The molecule has 16 nitrogen and oxygen atoms in total. The van der Waals surface area contributed by atoms with Crippen LogP contribution in [0.3, 0.4) is 0 Å². The lowest BCUT2D eigenvalue weighted by Gasteiger charge is -2.34. The van der Waals surface area contributed by atoms with Gasteiger partial charge in [-0.1, -0.05) is 24.3 Å². The number of carbonyl (C=O) groups is 4. The number of para-hydroxylation sites is 4. The lowest BCUT2D eigenvalue weighted by atomic mass is 10.2. The summed E-state index contributed by atoms with van der Waals surface area (Å²) in [4.78, 5) is 76.7. The monoisotopic (exact) mass is 840 g/mol. The van der Waals surface area contributed by atoms with E-state index in [-0.39, 0.29) is 0 Å². The van der Waals surface area contributed by atoms with E-state index >= 15 is 0 Å². The van der Waals surface area contributed by atoms with Crippen molar-refractivity contribution in [3.63, 3.8) is 0 Å². The number of hydrogen-bond acceptors (Lipinski definition) is 16. The third-order valence-corrected chi connectivity index (χ3v) is 12.4. The van der Waals surface area contributed by atoms with E-state index < -0.39 is 44.1 Å². The third-order valence-electron chi connectivity index (χ3n) is 10.3. The average Bonchev–Trinajstić information content (AvgIpc) is 3.71. The van der Waals surface area contributed by atoms with Crippen molar-refractivity contribution in [2.45, 2.75) is 20.3 Å². The summed E-state index contributed by atoms with van der Waals surface area (Å²) < 4.78 is 21.1. The highest BCUT2D eigenvalue weighted by Crippen LogP contribution is 2.46. The molecule has 0 unspecified atom stereocenters. The first-order valence-corrected chi connectivity index (χ1v) is 20.9. The summed E-state index contributed by atoms with van der Waals surface area (Å²) in [5.74, 6) is -0.425. The van der Waals surface area contributed by atoms with E-state index in [1.165, 1.54) is 32.5 Å². The van der Waals surface area contributed by atoms with Crippen molar-refractivity contribution in [1.29, 1.82) is 0 Å². The van der Waals surface area contributed by atoms with Gasteiger partial charge in [0.1, 0.15) is 28.1 Å². The number of carbonyl (C=O) groups excluding carboxylic acids is 4. The van der Waals surface area contributed by atoms with Gasteiger partial charge in [0.15, 0.2) is 0 Å². The third kappa shape index (κ3) is 8.52. The van der Waals surface area contributed by atoms with Gasteiger partial charge in [0.25, 0.3) is 0 Å². The van der Waals surface area contributed by atoms with Crippen molar-refractivity contribution in [3.8, 4) is 0 Å². The molecule has 0 spiro atoms. The Morgan fingerprint density at radius 3 is 1.37 bits per heavy atom. The Labute approximate surface area is 349 Å². The average molecular weight is 841 g/mol. The molecule has 2 aromatic carbocycles. The van der Waals surface area contributed by atoms with Crippen LogP contribution >= 0.6 is 22.7 Å². The lowest BCUT2D eigenvalue weighted by molar-refractivity contribution is -0.162. The van der Waals surface area contributed by atoms with E-state index in [1.54, 1.807) is 12.1 Å². The van der Waals surface area contributed by atoms with E-state index in [4.69, 9.17) is 28.9 Å². The first kappa shape index (κ1) is 40.0. The fourth-order valence-electron chi connectivity index (χ4n) is 7.24. The molecule has 0 radical (unpaired) electrons. The van der Waals surface area contributed by atoms with Crippen LogP contribution in [0.2, 0.25) is 0 Å². The highest BCUT2D eigenvalue weighted by atomic mass is 32.1. The fraction of sp³-hybridized carbons (Fsp3) is 0.366. The van der Waals surface area contributed by atoms with E-state index in [0.29, 0.717) is 32.8 Å². The van der Waals surface area contributed by atoms with E-state index in [1.807, 2.05) is 62.4 Å². The molecule has 0 N–H and O–H groups in total. The van der Waals surface area contributed by atoms with Crippen LogP contribution in [-0.2, 0) is 28.5 Å². The molecule has 0 atom stereocenters. The number of aryl methyl sites for hydroxylation is 2. The number of fused-ring (bicyclic) bond motifs is 4. The molecule has 6 heterocycles. The molecular weight excluding hydrogens is 797 g/mol. The SMILES string of the molecule is Cc1cc2c(s1)N(C(=O)OCOC(=O)CC(=O)OCOC(=O)N1c3ccccc3N=C(N3CCN(C)CC3)c3cc(C)sc31)c1ccccc1N=C2N1CCN(C)CC1. The molecule has 0 bridgehead atoms. The number of amides is 2. The molecule has 4 aliphatic heterocycles. The highest BCUT2D eigenvalue weighted by Gasteiger charge is 2.35. The first-order valence-electron chi connectivity index (χ1n) is 19.2. The van der Waals surface area contributed by atoms with Crippen LogP contribution < -0.4 is 9.80 Å². The summed E-state index contributed by atoms with van der Waals surface area (Å²) in [6, 6.07) is 18.6. The minimum Gasteiger partial charge on any atom is -0.427 e.